The monoisotopic (exact) mass is 407 g/mol. The number of hydrogen-bond acceptors (Lipinski definition) is 4. The molecule has 3 aromatic rings. The highest BCUT2D eigenvalue weighted by molar-refractivity contribution is 6.00. The van der Waals surface area contributed by atoms with Gasteiger partial charge in [-0.1, -0.05) is 12.1 Å². The van der Waals surface area contributed by atoms with Crippen LogP contribution in [-0.2, 0) is 4.79 Å². The molecule has 30 heavy (non-hydrogen) atoms. The van der Waals surface area contributed by atoms with Crippen LogP contribution in [0.2, 0.25) is 0 Å². The standard InChI is InChI=1S/C25H29NO4/c1-6-28-19-10-8-18(9-11-19)22-15-30-24-14-23(29-7-2)20(13-21(22)24)17(5)12-25(27)26-16(3)4/h8-16H,6-7H2,1-5H3,(H,26,27)/b17-12+. The minimum Gasteiger partial charge on any atom is -0.494 e. The third-order valence-corrected chi connectivity index (χ3v) is 4.66. The van der Waals surface area contributed by atoms with Gasteiger partial charge in [0.1, 0.15) is 17.1 Å². The maximum atomic E-state index is 12.2. The van der Waals surface area contributed by atoms with E-state index < -0.39 is 0 Å². The number of ether oxygens (including phenoxy) is 2. The summed E-state index contributed by atoms with van der Waals surface area (Å²) in [4.78, 5) is 12.2. The molecule has 2 aromatic carbocycles. The van der Waals surface area contributed by atoms with E-state index in [1.54, 1.807) is 12.3 Å². The predicted molar refractivity (Wildman–Crippen MR) is 121 cm³/mol. The first-order chi connectivity index (χ1) is 14.4. The summed E-state index contributed by atoms with van der Waals surface area (Å²) in [6.45, 7) is 10.9. The Hall–Kier alpha value is -3.21. The Labute approximate surface area is 177 Å². The van der Waals surface area contributed by atoms with Crippen molar-refractivity contribution in [3.8, 4) is 22.6 Å². The normalized spacial score (nSPS) is 11.7. The quantitative estimate of drug-likeness (QED) is 0.478. The van der Waals surface area contributed by atoms with Crippen LogP contribution in [-0.4, -0.2) is 25.2 Å². The minimum absolute atomic E-state index is 0.0792. The summed E-state index contributed by atoms with van der Waals surface area (Å²) in [6, 6.07) is 11.9. The number of rotatable bonds is 8. The van der Waals surface area contributed by atoms with Crippen LogP contribution in [0.4, 0.5) is 0 Å². The van der Waals surface area contributed by atoms with E-state index in [1.807, 2.05) is 71.0 Å². The Bertz CT molecular complexity index is 1040. The molecule has 0 atom stereocenters. The second kappa shape index (κ2) is 9.53. The first-order valence-electron chi connectivity index (χ1n) is 10.3. The second-order valence-corrected chi connectivity index (χ2v) is 7.37. The lowest BCUT2D eigenvalue weighted by Gasteiger charge is -2.12. The minimum atomic E-state index is -0.121. The van der Waals surface area contributed by atoms with Gasteiger partial charge < -0.3 is 19.2 Å². The summed E-state index contributed by atoms with van der Waals surface area (Å²) in [6.07, 6.45) is 3.37. The lowest BCUT2D eigenvalue weighted by atomic mass is 9.99. The number of fused-ring (bicyclic) bond motifs is 1. The molecule has 0 radical (unpaired) electrons. The Balaban J connectivity index is 2.06. The van der Waals surface area contributed by atoms with E-state index in [9.17, 15) is 4.79 Å². The van der Waals surface area contributed by atoms with E-state index in [2.05, 4.69) is 5.32 Å². The summed E-state index contributed by atoms with van der Waals surface area (Å²) >= 11 is 0. The number of furan rings is 1. The van der Waals surface area contributed by atoms with E-state index in [-0.39, 0.29) is 11.9 Å². The fraction of sp³-hybridized carbons (Fsp3) is 0.320. The third-order valence-electron chi connectivity index (χ3n) is 4.66. The summed E-state index contributed by atoms with van der Waals surface area (Å²) < 4.78 is 17.2. The molecule has 3 rings (SSSR count). The zero-order chi connectivity index (χ0) is 21.7. The van der Waals surface area contributed by atoms with Crippen LogP contribution in [0.25, 0.3) is 27.7 Å². The lowest BCUT2D eigenvalue weighted by molar-refractivity contribution is -0.116. The van der Waals surface area contributed by atoms with Crippen molar-refractivity contribution in [1.29, 1.82) is 0 Å². The number of hydrogen-bond donors (Lipinski definition) is 1. The first-order valence-corrected chi connectivity index (χ1v) is 10.3. The fourth-order valence-corrected chi connectivity index (χ4v) is 3.36. The van der Waals surface area contributed by atoms with Crippen molar-refractivity contribution < 1.29 is 18.7 Å². The summed E-state index contributed by atoms with van der Waals surface area (Å²) in [5.74, 6) is 1.41. The van der Waals surface area contributed by atoms with Crippen molar-refractivity contribution >= 4 is 22.4 Å². The number of amides is 1. The van der Waals surface area contributed by atoms with Crippen molar-refractivity contribution in [1.82, 2.24) is 5.32 Å². The van der Waals surface area contributed by atoms with E-state index in [4.69, 9.17) is 13.9 Å². The number of carbonyl (C=O) groups is 1. The number of carbonyl (C=O) groups excluding carboxylic acids is 1. The number of nitrogens with one attached hydrogen (secondary N) is 1. The number of allylic oxidation sites excluding steroid dienone is 1. The highest BCUT2D eigenvalue weighted by Gasteiger charge is 2.15. The third kappa shape index (κ3) is 4.85. The van der Waals surface area contributed by atoms with Crippen molar-refractivity contribution in [2.75, 3.05) is 13.2 Å². The van der Waals surface area contributed by atoms with Gasteiger partial charge in [0.15, 0.2) is 0 Å². The van der Waals surface area contributed by atoms with Crippen molar-refractivity contribution in [2.24, 2.45) is 0 Å². The second-order valence-electron chi connectivity index (χ2n) is 7.37. The summed E-state index contributed by atoms with van der Waals surface area (Å²) in [7, 11) is 0. The van der Waals surface area contributed by atoms with Gasteiger partial charge in [-0.05, 0) is 64.0 Å². The molecule has 158 valence electrons. The molecule has 0 saturated heterocycles. The van der Waals surface area contributed by atoms with E-state index in [1.165, 1.54) is 0 Å². The summed E-state index contributed by atoms with van der Waals surface area (Å²) in [5.41, 5.74) is 4.46. The molecule has 1 aromatic heterocycles. The molecule has 0 aliphatic carbocycles. The molecule has 0 aliphatic heterocycles. The summed E-state index contributed by atoms with van der Waals surface area (Å²) in [5, 5.41) is 3.86. The molecule has 1 N–H and O–H groups in total. The van der Waals surface area contributed by atoms with Crippen LogP contribution in [0.1, 0.15) is 40.2 Å². The molecule has 1 amide bonds. The zero-order valence-corrected chi connectivity index (χ0v) is 18.2. The topological polar surface area (TPSA) is 60.7 Å². The highest BCUT2D eigenvalue weighted by atomic mass is 16.5. The molecule has 0 aliphatic rings. The zero-order valence-electron chi connectivity index (χ0n) is 18.2. The number of benzene rings is 2. The molecule has 0 saturated carbocycles. The van der Waals surface area contributed by atoms with E-state index in [0.29, 0.717) is 19.0 Å². The highest BCUT2D eigenvalue weighted by Crippen LogP contribution is 2.37. The van der Waals surface area contributed by atoms with Gasteiger partial charge in [0.05, 0.1) is 19.5 Å². The van der Waals surface area contributed by atoms with Crippen LogP contribution < -0.4 is 14.8 Å². The van der Waals surface area contributed by atoms with Gasteiger partial charge in [-0.3, -0.25) is 4.79 Å². The fourth-order valence-electron chi connectivity index (χ4n) is 3.36. The van der Waals surface area contributed by atoms with Crippen LogP contribution in [0.15, 0.2) is 53.2 Å². The average Bonchev–Trinajstić information content (AvgIpc) is 3.10. The van der Waals surface area contributed by atoms with Gasteiger partial charge >= 0.3 is 0 Å². The van der Waals surface area contributed by atoms with Crippen LogP contribution in [0.5, 0.6) is 11.5 Å². The van der Waals surface area contributed by atoms with Crippen molar-refractivity contribution in [3.05, 3.63) is 54.3 Å². The van der Waals surface area contributed by atoms with Gasteiger partial charge in [0.2, 0.25) is 5.91 Å². The van der Waals surface area contributed by atoms with Gasteiger partial charge in [0.25, 0.3) is 0 Å². The first kappa shape index (κ1) is 21.5. The molecule has 0 fully saturated rings. The Morgan fingerprint density at radius 3 is 2.43 bits per heavy atom. The van der Waals surface area contributed by atoms with Gasteiger partial charge in [0, 0.05) is 34.7 Å². The molecular formula is C25H29NO4. The molecule has 0 bridgehead atoms. The van der Waals surface area contributed by atoms with Crippen LogP contribution in [0, 0.1) is 0 Å². The maximum absolute atomic E-state index is 12.2. The molecule has 0 unspecified atom stereocenters. The van der Waals surface area contributed by atoms with Crippen LogP contribution >= 0.6 is 0 Å². The van der Waals surface area contributed by atoms with Gasteiger partial charge in [-0.2, -0.15) is 0 Å². The molecule has 0 spiro atoms. The van der Waals surface area contributed by atoms with E-state index >= 15 is 0 Å². The van der Waals surface area contributed by atoms with Gasteiger partial charge in [-0.25, -0.2) is 0 Å². The predicted octanol–water partition coefficient (Wildman–Crippen LogP) is 5.83. The average molecular weight is 408 g/mol. The molecule has 1 heterocycles. The Kier molecular flexibility index (Phi) is 6.83. The van der Waals surface area contributed by atoms with Crippen molar-refractivity contribution in [3.63, 3.8) is 0 Å². The Morgan fingerprint density at radius 1 is 1.10 bits per heavy atom. The van der Waals surface area contributed by atoms with Crippen molar-refractivity contribution in [2.45, 2.75) is 40.7 Å². The van der Waals surface area contributed by atoms with Gasteiger partial charge in [-0.15, -0.1) is 0 Å². The molecular weight excluding hydrogens is 378 g/mol. The lowest BCUT2D eigenvalue weighted by Crippen LogP contribution is -2.28. The van der Waals surface area contributed by atoms with Crippen LogP contribution in [0.3, 0.4) is 0 Å². The molecule has 5 heteroatoms. The largest absolute Gasteiger partial charge is 0.494 e. The maximum Gasteiger partial charge on any atom is 0.244 e. The smallest absolute Gasteiger partial charge is 0.244 e. The van der Waals surface area contributed by atoms with E-state index in [0.717, 1.165) is 39.0 Å². The Morgan fingerprint density at radius 2 is 1.80 bits per heavy atom. The SMILES string of the molecule is CCOc1ccc(-c2coc3cc(OCC)c(/C(C)=C/C(=O)NC(C)C)cc23)cc1. The molecule has 5 nitrogen and oxygen atoms in total.